The smallest absolute Gasteiger partial charge is 0.238 e. The van der Waals surface area contributed by atoms with Crippen LogP contribution >= 0.6 is 0 Å². The molecule has 0 aliphatic carbocycles. The van der Waals surface area contributed by atoms with Gasteiger partial charge in [-0.1, -0.05) is 6.07 Å². The summed E-state index contributed by atoms with van der Waals surface area (Å²) in [6.07, 6.45) is 1.53. The summed E-state index contributed by atoms with van der Waals surface area (Å²) < 4.78 is 18.1. The van der Waals surface area contributed by atoms with Crippen molar-refractivity contribution in [1.82, 2.24) is 10.2 Å². The standard InChI is InChI=1S/C16H18FN3O3/c1-20(10-15(21)18-9-14-6-3-7-23-14)11-16(22)19-13-5-2-4-12(17)8-13/h2-8H,9-11H2,1H3,(H,18,21)(H,19,22). The van der Waals surface area contributed by atoms with Crippen LogP contribution in [0, 0.1) is 5.82 Å². The van der Waals surface area contributed by atoms with Crippen molar-refractivity contribution < 1.29 is 18.4 Å². The molecule has 0 fully saturated rings. The van der Waals surface area contributed by atoms with Gasteiger partial charge in [0.1, 0.15) is 11.6 Å². The number of benzene rings is 1. The zero-order valence-electron chi connectivity index (χ0n) is 12.7. The van der Waals surface area contributed by atoms with Crippen LogP contribution in [0.5, 0.6) is 0 Å². The summed E-state index contributed by atoms with van der Waals surface area (Å²) in [7, 11) is 1.65. The Bertz CT molecular complexity index is 658. The quantitative estimate of drug-likeness (QED) is 0.813. The molecule has 6 nitrogen and oxygen atoms in total. The number of amides is 2. The van der Waals surface area contributed by atoms with Crippen molar-refractivity contribution in [1.29, 1.82) is 0 Å². The maximum atomic E-state index is 13.0. The largest absolute Gasteiger partial charge is 0.467 e. The zero-order chi connectivity index (χ0) is 16.7. The summed E-state index contributed by atoms with van der Waals surface area (Å²) in [5, 5.41) is 5.26. The molecule has 0 bridgehead atoms. The lowest BCUT2D eigenvalue weighted by Gasteiger charge is -2.15. The SMILES string of the molecule is CN(CC(=O)NCc1ccco1)CC(=O)Nc1cccc(F)c1. The first-order chi connectivity index (χ1) is 11.0. The lowest BCUT2D eigenvalue weighted by Crippen LogP contribution is -2.38. The van der Waals surface area contributed by atoms with Crippen LogP contribution in [0.1, 0.15) is 5.76 Å². The van der Waals surface area contributed by atoms with E-state index in [0.717, 1.165) is 0 Å². The highest BCUT2D eigenvalue weighted by atomic mass is 19.1. The number of hydrogen-bond donors (Lipinski definition) is 2. The van der Waals surface area contributed by atoms with Crippen LogP contribution in [0.4, 0.5) is 10.1 Å². The maximum Gasteiger partial charge on any atom is 0.238 e. The topological polar surface area (TPSA) is 74.6 Å². The molecule has 1 aromatic carbocycles. The molecule has 0 aliphatic heterocycles. The molecular weight excluding hydrogens is 301 g/mol. The second-order valence-corrected chi connectivity index (χ2v) is 5.09. The number of likely N-dealkylation sites (N-methyl/N-ethyl adjacent to an activating group) is 1. The molecule has 2 aromatic rings. The van der Waals surface area contributed by atoms with Crippen molar-refractivity contribution in [3.63, 3.8) is 0 Å². The highest BCUT2D eigenvalue weighted by Gasteiger charge is 2.11. The second-order valence-electron chi connectivity index (χ2n) is 5.09. The molecule has 0 unspecified atom stereocenters. The van der Waals surface area contributed by atoms with Crippen molar-refractivity contribution in [2.75, 3.05) is 25.5 Å². The number of furan rings is 1. The predicted octanol–water partition coefficient (Wildman–Crippen LogP) is 1.61. The lowest BCUT2D eigenvalue weighted by atomic mass is 10.3. The second kappa shape index (κ2) is 8.09. The fourth-order valence-corrected chi connectivity index (χ4v) is 1.97. The average Bonchev–Trinajstić information content (AvgIpc) is 2.98. The Hall–Kier alpha value is -2.67. The Morgan fingerprint density at radius 3 is 2.65 bits per heavy atom. The maximum absolute atomic E-state index is 13.0. The molecule has 0 atom stereocenters. The Morgan fingerprint density at radius 2 is 1.96 bits per heavy atom. The number of nitrogens with one attached hydrogen (secondary N) is 2. The van der Waals surface area contributed by atoms with Crippen molar-refractivity contribution in [2.45, 2.75) is 6.54 Å². The van der Waals surface area contributed by atoms with Gasteiger partial charge in [0, 0.05) is 5.69 Å². The van der Waals surface area contributed by atoms with E-state index in [1.165, 1.54) is 24.5 Å². The average molecular weight is 319 g/mol. The lowest BCUT2D eigenvalue weighted by molar-refractivity contribution is -0.123. The normalized spacial score (nSPS) is 10.6. The Labute approximate surface area is 133 Å². The summed E-state index contributed by atoms with van der Waals surface area (Å²) in [4.78, 5) is 25.2. The number of halogens is 1. The van der Waals surface area contributed by atoms with Gasteiger partial charge >= 0.3 is 0 Å². The van der Waals surface area contributed by atoms with Crippen molar-refractivity contribution >= 4 is 17.5 Å². The van der Waals surface area contributed by atoms with Crippen molar-refractivity contribution in [3.05, 3.63) is 54.2 Å². The highest BCUT2D eigenvalue weighted by Crippen LogP contribution is 2.08. The highest BCUT2D eigenvalue weighted by molar-refractivity contribution is 5.92. The molecule has 0 aliphatic rings. The monoisotopic (exact) mass is 319 g/mol. The molecule has 2 N–H and O–H groups in total. The summed E-state index contributed by atoms with van der Waals surface area (Å²) in [5.41, 5.74) is 0.380. The van der Waals surface area contributed by atoms with Gasteiger partial charge in [0.2, 0.25) is 11.8 Å². The molecule has 122 valence electrons. The third-order valence-corrected chi connectivity index (χ3v) is 2.98. The minimum atomic E-state index is -0.423. The van der Waals surface area contributed by atoms with Gasteiger partial charge in [-0.2, -0.15) is 0 Å². The molecule has 1 aromatic heterocycles. The predicted molar refractivity (Wildman–Crippen MR) is 83.1 cm³/mol. The first kappa shape index (κ1) is 16.7. The van der Waals surface area contributed by atoms with Crippen molar-refractivity contribution in [2.24, 2.45) is 0 Å². The fraction of sp³-hybridized carbons (Fsp3) is 0.250. The molecule has 0 saturated heterocycles. The van der Waals surface area contributed by atoms with Crippen LogP contribution < -0.4 is 10.6 Å². The van der Waals surface area contributed by atoms with E-state index in [9.17, 15) is 14.0 Å². The number of hydrogen-bond acceptors (Lipinski definition) is 4. The molecule has 1 heterocycles. The van der Waals surface area contributed by atoms with Gasteiger partial charge in [0.05, 0.1) is 25.9 Å². The van der Waals surface area contributed by atoms with Crippen LogP contribution in [0.2, 0.25) is 0 Å². The fourth-order valence-electron chi connectivity index (χ4n) is 1.97. The van der Waals surface area contributed by atoms with Crippen LogP contribution in [-0.4, -0.2) is 36.9 Å². The van der Waals surface area contributed by atoms with Gasteiger partial charge in [-0.3, -0.25) is 14.5 Å². The van der Waals surface area contributed by atoms with Crippen LogP contribution in [0.15, 0.2) is 47.1 Å². The molecule has 0 spiro atoms. The van der Waals surface area contributed by atoms with Gasteiger partial charge in [-0.25, -0.2) is 4.39 Å². The number of carbonyl (C=O) groups is 2. The Balaban J connectivity index is 1.71. The van der Waals surface area contributed by atoms with Crippen LogP contribution in [0.3, 0.4) is 0 Å². The minimum Gasteiger partial charge on any atom is -0.467 e. The van der Waals surface area contributed by atoms with E-state index < -0.39 is 5.82 Å². The van der Waals surface area contributed by atoms with E-state index in [2.05, 4.69) is 10.6 Å². The summed E-state index contributed by atoms with van der Waals surface area (Å²) in [6.45, 7) is 0.386. The molecule has 23 heavy (non-hydrogen) atoms. The van der Waals surface area contributed by atoms with E-state index in [1.807, 2.05) is 0 Å². The molecule has 7 heteroatoms. The summed E-state index contributed by atoms with van der Waals surface area (Å²) in [6, 6.07) is 9.13. The summed E-state index contributed by atoms with van der Waals surface area (Å²) in [5.74, 6) is -0.308. The number of rotatable bonds is 7. The van der Waals surface area contributed by atoms with Gasteiger partial charge in [0.15, 0.2) is 0 Å². The van der Waals surface area contributed by atoms with E-state index >= 15 is 0 Å². The number of nitrogens with zero attached hydrogens (tertiary/aromatic N) is 1. The Kier molecular flexibility index (Phi) is 5.87. The van der Waals surface area contributed by atoms with E-state index in [4.69, 9.17) is 4.42 Å². The molecule has 2 rings (SSSR count). The van der Waals surface area contributed by atoms with Crippen LogP contribution in [0.25, 0.3) is 0 Å². The van der Waals surface area contributed by atoms with Gasteiger partial charge in [-0.05, 0) is 37.4 Å². The molecule has 0 saturated carbocycles. The van der Waals surface area contributed by atoms with Gasteiger partial charge < -0.3 is 15.1 Å². The third-order valence-electron chi connectivity index (χ3n) is 2.98. The van der Waals surface area contributed by atoms with Gasteiger partial charge in [-0.15, -0.1) is 0 Å². The first-order valence-electron chi connectivity index (χ1n) is 7.06. The van der Waals surface area contributed by atoms with E-state index in [-0.39, 0.29) is 24.9 Å². The number of carbonyl (C=O) groups excluding carboxylic acids is 2. The van der Waals surface area contributed by atoms with Crippen LogP contribution in [-0.2, 0) is 16.1 Å². The summed E-state index contributed by atoms with van der Waals surface area (Å²) >= 11 is 0. The van der Waals surface area contributed by atoms with Gasteiger partial charge in [0.25, 0.3) is 0 Å². The first-order valence-corrected chi connectivity index (χ1v) is 7.06. The third kappa shape index (κ3) is 5.91. The molecule has 2 amide bonds. The molecule has 0 radical (unpaired) electrons. The van der Waals surface area contributed by atoms with Crippen molar-refractivity contribution in [3.8, 4) is 0 Å². The van der Waals surface area contributed by atoms with E-state index in [0.29, 0.717) is 18.0 Å². The minimum absolute atomic E-state index is 0.0185. The number of anilines is 1. The Morgan fingerprint density at radius 1 is 1.17 bits per heavy atom. The van der Waals surface area contributed by atoms with E-state index in [1.54, 1.807) is 30.1 Å². The molecular formula is C16H18FN3O3. The zero-order valence-corrected chi connectivity index (χ0v) is 12.7.